The average Bonchev–Trinajstić information content (AvgIpc) is 2.79. The molecule has 0 bridgehead atoms. The van der Waals surface area contributed by atoms with E-state index in [0.717, 1.165) is 22.3 Å². The van der Waals surface area contributed by atoms with E-state index in [9.17, 15) is 8.42 Å². The predicted octanol–water partition coefficient (Wildman–Crippen LogP) is 5.17. The third-order valence-electron chi connectivity index (χ3n) is 5.10. The summed E-state index contributed by atoms with van der Waals surface area (Å²) >= 11 is 0. The predicted molar refractivity (Wildman–Crippen MR) is 128 cm³/mol. The highest BCUT2D eigenvalue weighted by Crippen LogP contribution is 2.29. The molecule has 0 saturated heterocycles. The van der Waals surface area contributed by atoms with Gasteiger partial charge in [-0.2, -0.15) is 0 Å². The molecule has 0 radical (unpaired) electrons. The van der Waals surface area contributed by atoms with Crippen LogP contribution in [-0.2, 0) is 16.6 Å². The van der Waals surface area contributed by atoms with E-state index in [4.69, 9.17) is 0 Å². The van der Waals surface area contributed by atoms with Gasteiger partial charge in [-0.1, -0.05) is 66.7 Å². The number of sulfonamides is 1. The third-order valence-corrected chi connectivity index (χ3v) is 6.45. The van der Waals surface area contributed by atoms with Gasteiger partial charge in [-0.25, -0.2) is 18.4 Å². The lowest BCUT2D eigenvalue weighted by Gasteiger charge is -2.15. The number of benzene rings is 3. The minimum absolute atomic E-state index is 0.157. The van der Waals surface area contributed by atoms with Gasteiger partial charge in [0.2, 0.25) is 0 Å². The highest BCUT2D eigenvalue weighted by atomic mass is 32.2. The van der Waals surface area contributed by atoms with Gasteiger partial charge >= 0.3 is 0 Å². The second kappa shape index (κ2) is 9.20. The van der Waals surface area contributed by atoms with Gasteiger partial charge in [-0.05, 0) is 42.7 Å². The molecule has 6 nitrogen and oxygen atoms in total. The van der Waals surface area contributed by atoms with Gasteiger partial charge in [0, 0.05) is 12.1 Å². The minimum Gasteiger partial charge on any atom is -0.363 e. The van der Waals surface area contributed by atoms with Crippen LogP contribution in [-0.4, -0.2) is 18.4 Å². The normalized spacial score (nSPS) is 11.2. The van der Waals surface area contributed by atoms with Crippen molar-refractivity contribution in [1.29, 1.82) is 0 Å². The standard InChI is InChI=1S/C25H24N4O2S/c1-18-10-9-11-19(2)23(18)22-17-27-24(26-16-20-12-5-3-6-13-20)25(28-22)29-32(30,31)21-14-7-4-8-15-21/h3-15,17H,16H2,1-2H3,(H,26,27)(H,28,29). The quantitative estimate of drug-likeness (QED) is 0.411. The van der Waals surface area contributed by atoms with Crippen molar-refractivity contribution in [3.05, 3.63) is 102 Å². The maximum atomic E-state index is 13.0. The summed E-state index contributed by atoms with van der Waals surface area (Å²) < 4.78 is 28.6. The Bertz CT molecular complexity index is 1300. The van der Waals surface area contributed by atoms with E-state index >= 15 is 0 Å². The number of anilines is 2. The van der Waals surface area contributed by atoms with E-state index in [1.807, 2.05) is 62.4 Å². The van der Waals surface area contributed by atoms with E-state index in [-0.39, 0.29) is 10.7 Å². The molecule has 0 amide bonds. The summed E-state index contributed by atoms with van der Waals surface area (Å²) in [7, 11) is -3.83. The molecular weight excluding hydrogens is 420 g/mol. The van der Waals surface area contributed by atoms with Crippen molar-refractivity contribution in [2.45, 2.75) is 25.3 Å². The number of nitrogens with one attached hydrogen (secondary N) is 2. The summed E-state index contributed by atoms with van der Waals surface area (Å²) in [6, 6.07) is 24.0. The van der Waals surface area contributed by atoms with Gasteiger partial charge in [0.15, 0.2) is 11.6 Å². The molecule has 0 aliphatic rings. The number of aromatic nitrogens is 2. The molecule has 0 unspecified atom stereocenters. The highest BCUT2D eigenvalue weighted by Gasteiger charge is 2.19. The third kappa shape index (κ3) is 4.78. The second-order valence-electron chi connectivity index (χ2n) is 7.48. The first-order valence-electron chi connectivity index (χ1n) is 10.2. The lowest BCUT2D eigenvalue weighted by Crippen LogP contribution is -2.17. The van der Waals surface area contributed by atoms with E-state index in [1.54, 1.807) is 36.5 Å². The molecule has 4 rings (SSSR count). The molecule has 1 heterocycles. The first-order chi connectivity index (χ1) is 15.4. The van der Waals surface area contributed by atoms with Crippen LogP contribution in [0.2, 0.25) is 0 Å². The molecular formula is C25H24N4O2S. The molecule has 162 valence electrons. The monoisotopic (exact) mass is 444 g/mol. The van der Waals surface area contributed by atoms with Gasteiger partial charge in [0.05, 0.1) is 16.8 Å². The van der Waals surface area contributed by atoms with E-state index in [2.05, 4.69) is 20.0 Å². The summed E-state index contributed by atoms with van der Waals surface area (Å²) in [5, 5.41) is 3.21. The van der Waals surface area contributed by atoms with Crippen LogP contribution in [0.4, 0.5) is 11.6 Å². The fourth-order valence-corrected chi connectivity index (χ4v) is 4.53. The lowest BCUT2D eigenvalue weighted by atomic mass is 10.0. The molecule has 0 spiro atoms. The van der Waals surface area contributed by atoms with Gasteiger partial charge in [0.1, 0.15) is 0 Å². The molecule has 1 aromatic heterocycles. The smallest absolute Gasteiger partial charge is 0.263 e. The van der Waals surface area contributed by atoms with Crippen molar-refractivity contribution < 1.29 is 8.42 Å². The fraction of sp³-hybridized carbons (Fsp3) is 0.120. The molecule has 0 aliphatic heterocycles. The van der Waals surface area contributed by atoms with Crippen LogP contribution in [0.5, 0.6) is 0 Å². The van der Waals surface area contributed by atoms with Gasteiger partial charge < -0.3 is 5.32 Å². The number of aryl methyl sites for hydroxylation is 2. The van der Waals surface area contributed by atoms with E-state index in [1.165, 1.54) is 0 Å². The Kier molecular flexibility index (Phi) is 6.18. The summed E-state index contributed by atoms with van der Waals surface area (Å²) in [5.41, 5.74) is 4.68. The van der Waals surface area contributed by atoms with Crippen molar-refractivity contribution in [2.75, 3.05) is 10.0 Å². The lowest BCUT2D eigenvalue weighted by molar-refractivity contribution is 0.601. The Morgan fingerprint density at radius 2 is 1.41 bits per heavy atom. The zero-order valence-corrected chi connectivity index (χ0v) is 18.7. The summed E-state index contributed by atoms with van der Waals surface area (Å²) in [6.07, 6.45) is 1.67. The fourth-order valence-electron chi connectivity index (χ4n) is 3.50. The molecule has 0 atom stereocenters. The van der Waals surface area contributed by atoms with Gasteiger partial charge in [0.25, 0.3) is 10.0 Å². The van der Waals surface area contributed by atoms with Crippen LogP contribution in [0.15, 0.2) is 90.0 Å². The Hall–Kier alpha value is -3.71. The Morgan fingerprint density at radius 3 is 2.06 bits per heavy atom. The molecule has 7 heteroatoms. The Morgan fingerprint density at radius 1 is 0.781 bits per heavy atom. The van der Waals surface area contributed by atoms with Crippen LogP contribution in [0, 0.1) is 13.8 Å². The number of hydrogen-bond donors (Lipinski definition) is 2. The molecule has 4 aromatic rings. The van der Waals surface area contributed by atoms with Crippen LogP contribution in [0.25, 0.3) is 11.3 Å². The average molecular weight is 445 g/mol. The molecule has 3 aromatic carbocycles. The number of hydrogen-bond acceptors (Lipinski definition) is 5. The zero-order valence-electron chi connectivity index (χ0n) is 17.9. The molecule has 32 heavy (non-hydrogen) atoms. The number of nitrogens with zero attached hydrogens (tertiary/aromatic N) is 2. The van der Waals surface area contributed by atoms with Crippen LogP contribution < -0.4 is 10.0 Å². The van der Waals surface area contributed by atoms with Crippen molar-refractivity contribution in [3.8, 4) is 11.3 Å². The Labute approximate surface area is 188 Å². The highest BCUT2D eigenvalue weighted by molar-refractivity contribution is 7.92. The zero-order chi connectivity index (χ0) is 22.6. The SMILES string of the molecule is Cc1cccc(C)c1-c1cnc(NCc2ccccc2)c(NS(=O)(=O)c2ccccc2)n1. The van der Waals surface area contributed by atoms with Gasteiger partial charge in [-0.3, -0.25) is 4.72 Å². The topological polar surface area (TPSA) is 84.0 Å². The second-order valence-corrected chi connectivity index (χ2v) is 9.16. The Balaban J connectivity index is 1.74. The van der Waals surface area contributed by atoms with Crippen LogP contribution >= 0.6 is 0 Å². The maximum absolute atomic E-state index is 13.0. The van der Waals surface area contributed by atoms with Crippen LogP contribution in [0.1, 0.15) is 16.7 Å². The largest absolute Gasteiger partial charge is 0.363 e. The minimum atomic E-state index is -3.83. The van der Waals surface area contributed by atoms with Gasteiger partial charge in [-0.15, -0.1) is 0 Å². The summed E-state index contributed by atoms with van der Waals surface area (Å²) in [5.74, 6) is 0.522. The van der Waals surface area contributed by atoms with Crippen molar-refractivity contribution in [3.63, 3.8) is 0 Å². The van der Waals surface area contributed by atoms with E-state index < -0.39 is 10.0 Å². The molecule has 0 aliphatic carbocycles. The molecule has 0 fully saturated rings. The summed E-state index contributed by atoms with van der Waals surface area (Å²) in [6.45, 7) is 4.48. The number of rotatable bonds is 7. The molecule has 2 N–H and O–H groups in total. The first-order valence-corrected chi connectivity index (χ1v) is 11.7. The van der Waals surface area contributed by atoms with E-state index in [0.29, 0.717) is 18.1 Å². The van der Waals surface area contributed by atoms with Crippen molar-refractivity contribution in [1.82, 2.24) is 9.97 Å². The molecule has 0 saturated carbocycles. The maximum Gasteiger partial charge on any atom is 0.263 e. The summed E-state index contributed by atoms with van der Waals surface area (Å²) in [4.78, 5) is 9.36. The van der Waals surface area contributed by atoms with Crippen LogP contribution in [0.3, 0.4) is 0 Å². The van der Waals surface area contributed by atoms with Crippen molar-refractivity contribution in [2.24, 2.45) is 0 Å². The van der Waals surface area contributed by atoms with Crippen molar-refractivity contribution >= 4 is 21.7 Å². The first kappa shape index (κ1) is 21.5.